The molecule has 182 valence electrons. The Morgan fingerprint density at radius 3 is 2.00 bits per heavy atom. The first-order valence-corrected chi connectivity index (χ1v) is 12.2. The number of likely N-dealkylation sites (N-methyl/N-ethyl adjacent to an activating group) is 1. The Kier molecular flexibility index (Phi) is 17.4. The van der Waals surface area contributed by atoms with E-state index in [0.717, 1.165) is 25.7 Å². The summed E-state index contributed by atoms with van der Waals surface area (Å²) >= 11 is 0. The Morgan fingerprint density at radius 1 is 0.903 bits per heavy atom. The Labute approximate surface area is 190 Å². The molecule has 0 bridgehead atoms. The number of unbranched alkanes of at least 4 members (excludes halogenated alkanes) is 9. The molecule has 0 heterocycles. The second-order valence-corrected chi connectivity index (χ2v) is 9.68. The number of aliphatic hydroxyl groups excluding tert-OH is 1. The number of quaternary nitrogens is 1. The third kappa shape index (κ3) is 21.6. The molecule has 0 aromatic carbocycles. The number of esters is 1. The van der Waals surface area contributed by atoms with Gasteiger partial charge >= 0.3 is 5.97 Å². The quantitative estimate of drug-likeness (QED) is 0.135. The van der Waals surface area contributed by atoms with Crippen molar-refractivity contribution in [1.82, 2.24) is 0 Å². The molecule has 2 atom stereocenters. The number of nitrogens with zero attached hydrogens (tertiary/aromatic N) is 1. The van der Waals surface area contributed by atoms with Gasteiger partial charge < -0.3 is 24.2 Å². The summed E-state index contributed by atoms with van der Waals surface area (Å²) in [6, 6.07) is 0. The SMILES string of the molecule is CCCCCCCC/C=C/CCCCCC(O)CC(=O)O[C@H](CC(=O)[O-])C[N+](C)(C)C. The minimum atomic E-state index is -1.24. The van der Waals surface area contributed by atoms with E-state index in [-0.39, 0.29) is 12.8 Å². The van der Waals surface area contributed by atoms with Gasteiger partial charge in [-0.3, -0.25) is 4.79 Å². The normalized spacial score (nSPS) is 14.0. The van der Waals surface area contributed by atoms with Crippen molar-refractivity contribution >= 4 is 11.9 Å². The van der Waals surface area contributed by atoms with Crippen LogP contribution in [-0.4, -0.2) is 61.4 Å². The Balaban J connectivity index is 3.83. The van der Waals surface area contributed by atoms with Crippen molar-refractivity contribution in [1.29, 1.82) is 0 Å². The lowest BCUT2D eigenvalue weighted by Gasteiger charge is -2.29. The molecule has 1 unspecified atom stereocenters. The predicted octanol–water partition coefficient (Wildman–Crippen LogP) is 3.75. The number of hydrogen-bond donors (Lipinski definition) is 1. The number of carbonyl (C=O) groups excluding carboxylic acids is 2. The van der Waals surface area contributed by atoms with Gasteiger partial charge in [-0.05, 0) is 32.1 Å². The molecule has 0 saturated heterocycles. The van der Waals surface area contributed by atoms with Gasteiger partial charge in [0.2, 0.25) is 0 Å². The summed E-state index contributed by atoms with van der Waals surface area (Å²) in [5, 5.41) is 21.0. The van der Waals surface area contributed by atoms with Crippen molar-refractivity contribution < 1.29 is 29.0 Å². The first-order valence-electron chi connectivity index (χ1n) is 12.2. The fraction of sp³-hybridized carbons (Fsp3) is 0.840. The number of aliphatic carboxylic acids is 1. The lowest BCUT2D eigenvalue weighted by molar-refractivity contribution is -0.873. The van der Waals surface area contributed by atoms with Crippen LogP contribution >= 0.6 is 0 Å². The molecule has 0 fully saturated rings. The summed E-state index contributed by atoms with van der Waals surface area (Å²) in [6.45, 7) is 2.62. The van der Waals surface area contributed by atoms with Crippen LogP contribution in [-0.2, 0) is 14.3 Å². The summed E-state index contributed by atoms with van der Waals surface area (Å²) in [6.07, 6.45) is 16.3. The highest BCUT2D eigenvalue weighted by atomic mass is 16.5. The number of carboxylic acid groups (broad SMARTS) is 1. The topological polar surface area (TPSA) is 86.7 Å². The van der Waals surface area contributed by atoms with Crippen molar-refractivity contribution in [3.8, 4) is 0 Å². The molecule has 0 amide bonds. The molecular formula is C25H47NO5. The van der Waals surface area contributed by atoms with Crippen molar-refractivity contribution in [2.75, 3.05) is 27.7 Å². The number of carbonyl (C=O) groups is 2. The van der Waals surface area contributed by atoms with Crippen LogP contribution in [0.25, 0.3) is 0 Å². The van der Waals surface area contributed by atoms with Gasteiger partial charge in [-0.2, -0.15) is 0 Å². The van der Waals surface area contributed by atoms with Crippen LogP contribution in [0.15, 0.2) is 12.2 Å². The summed E-state index contributed by atoms with van der Waals surface area (Å²) in [4.78, 5) is 22.9. The number of carboxylic acids is 1. The van der Waals surface area contributed by atoms with Gasteiger partial charge in [-0.1, -0.05) is 64.0 Å². The summed E-state index contributed by atoms with van der Waals surface area (Å²) in [7, 11) is 5.69. The number of ether oxygens (including phenoxy) is 1. The van der Waals surface area contributed by atoms with Gasteiger partial charge in [0, 0.05) is 12.4 Å². The summed E-state index contributed by atoms with van der Waals surface area (Å²) in [5.74, 6) is -1.79. The summed E-state index contributed by atoms with van der Waals surface area (Å²) in [5.41, 5.74) is 0. The highest BCUT2D eigenvalue weighted by Gasteiger charge is 2.23. The highest BCUT2D eigenvalue weighted by molar-refractivity contribution is 5.71. The molecule has 0 aliphatic rings. The predicted molar refractivity (Wildman–Crippen MR) is 123 cm³/mol. The molecule has 0 aliphatic heterocycles. The van der Waals surface area contributed by atoms with E-state index in [1.165, 1.54) is 44.9 Å². The smallest absolute Gasteiger partial charge is 0.308 e. The largest absolute Gasteiger partial charge is 0.550 e. The molecule has 0 spiro atoms. The van der Waals surface area contributed by atoms with Crippen LogP contribution in [0.4, 0.5) is 0 Å². The zero-order valence-corrected chi connectivity index (χ0v) is 20.4. The number of hydrogen-bond acceptors (Lipinski definition) is 5. The average Bonchev–Trinajstić information content (AvgIpc) is 2.63. The van der Waals surface area contributed by atoms with E-state index >= 15 is 0 Å². The van der Waals surface area contributed by atoms with Crippen LogP contribution in [0.3, 0.4) is 0 Å². The third-order valence-electron chi connectivity index (χ3n) is 5.15. The molecule has 0 rings (SSSR count). The molecule has 0 aromatic rings. The van der Waals surface area contributed by atoms with E-state index in [9.17, 15) is 19.8 Å². The van der Waals surface area contributed by atoms with Crippen molar-refractivity contribution in [2.45, 2.75) is 109 Å². The van der Waals surface area contributed by atoms with Gasteiger partial charge in [0.1, 0.15) is 6.54 Å². The Bertz CT molecular complexity index is 499. The first kappa shape index (κ1) is 29.6. The van der Waals surface area contributed by atoms with Crippen LogP contribution in [0.5, 0.6) is 0 Å². The van der Waals surface area contributed by atoms with E-state index in [2.05, 4.69) is 19.1 Å². The van der Waals surface area contributed by atoms with Crippen LogP contribution in [0, 0.1) is 0 Å². The van der Waals surface area contributed by atoms with Crippen LogP contribution < -0.4 is 5.11 Å². The van der Waals surface area contributed by atoms with Crippen molar-refractivity contribution in [2.24, 2.45) is 0 Å². The lowest BCUT2D eigenvalue weighted by atomic mass is 10.1. The van der Waals surface area contributed by atoms with Crippen LogP contribution in [0.1, 0.15) is 96.8 Å². The van der Waals surface area contributed by atoms with E-state index in [4.69, 9.17) is 4.74 Å². The third-order valence-corrected chi connectivity index (χ3v) is 5.15. The highest BCUT2D eigenvalue weighted by Crippen LogP contribution is 2.12. The van der Waals surface area contributed by atoms with E-state index in [1.807, 2.05) is 21.1 Å². The maximum atomic E-state index is 12.1. The second-order valence-electron chi connectivity index (χ2n) is 9.68. The monoisotopic (exact) mass is 441 g/mol. The van der Waals surface area contributed by atoms with Gasteiger partial charge in [-0.15, -0.1) is 0 Å². The molecular weight excluding hydrogens is 394 g/mol. The first-order chi connectivity index (χ1) is 14.6. The second kappa shape index (κ2) is 18.2. The molecule has 0 aliphatic carbocycles. The molecule has 0 radical (unpaired) electrons. The zero-order valence-electron chi connectivity index (χ0n) is 20.4. The van der Waals surface area contributed by atoms with Crippen LogP contribution in [0.2, 0.25) is 0 Å². The molecule has 0 saturated carbocycles. The number of aliphatic hydroxyl groups is 1. The van der Waals surface area contributed by atoms with E-state index < -0.39 is 24.1 Å². The lowest BCUT2D eigenvalue weighted by Crippen LogP contribution is -2.45. The maximum Gasteiger partial charge on any atom is 0.308 e. The van der Waals surface area contributed by atoms with E-state index in [1.54, 1.807) is 0 Å². The van der Waals surface area contributed by atoms with Crippen molar-refractivity contribution in [3.63, 3.8) is 0 Å². The zero-order chi connectivity index (χ0) is 23.5. The summed E-state index contributed by atoms with van der Waals surface area (Å²) < 4.78 is 5.76. The number of allylic oxidation sites excluding steroid dienone is 2. The molecule has 0 aromatic heterocycles. The average molecular weight is 442 g/mol. The molecule has 1 N–H and O–H groups in total. The number of rotatable bonds is 20. The minimum absolute atomic E-state index is 0.0984. The fourth-order valence-corrected chi connectivity index (χ4v) is 3.57. The Morgan fingerprint density at radius 2 is 1.45 bits per heavy atom. The van der Waals surface area contributed by atoms with Gasteiger partial charge in [0.25, 0.3) is 0 Å². The van der Waals surface area contributed by atoms with Gasteiger partial charge in [0.05, 0.1) is 33.7 Å². The molecule has 6 nitrogen and oxygen atoms in total. The minimum Gasteiger partial charge on any atom is -0.550 e. The van der Waals surface area contributed by atoms with Gasteiger partial charge in [0.15, 0.2) is 6.10 Å². The molecule has 31 heavy (non-hydrogen) atoms. The fourth-order valence-electron chi connectivity index (χ4n) is 3.57. The van der Waals surface area contributed by atoms with E-state index in [0.29, 0.717) is 17.4 Å². The standard InChI is InChI=1S/C25H47NO5/c1-5-6-7-8-9-10-11-12-13-14-15-16-17-18-22(27)19-25(30)31-23(20-24(28)29)21-26(2,3)4/h12-13,22-23,27H,5-11,14-21H2,1-4H3/b13-12+/t22?,23-/m1/s1. The van der Waals surface area contributed by atoms with Gasteiger partial charge in [-0.25, -0.2) is 0 Å². The molecule has 6 heteroatoms. The van der Waals surface area contributed by atoms with Crippen molar-refractivity contribution in [3.05, 3.63) is 12.2 Å². The Hall–Kier alpha value is -1.40. The maximum absolute atomic E-state index is 12.1.